The molecule has 1 amide bonds. The Kier molecular flexibility index (Phi) is 3.53. The molecule has 1 aliphatic heterocycles. The molecule has 24 heavy (non-hydrogen) atoms. The van der Waals surface area contributed by atoms with E-state index in [9.17, 15) is 4.79 Å². The number of pyridine rings is 1. The van der Waals surface area contributed by atoms with Crippen LogP contribution in [0.3, 0.4) is 0 Å². The summed E-state index contributed by atoms with van der Waals surface area (Å²) in [5, 5.41) is 7.88. The molecule has 8 nitrogen and oxygen atoms in total. The average Bonchev–Trinajstić information content (AvgIpc) is 3.21. The van der Waals surface area contributed by atoms with Crippen LogP contribution in [0.25, 0.3) is 5.65 Å². The molecule has 4 rings (SSSR count). The Hall–Kier alpha value is -2.74. The van der Waals surface area contributed by atoms with Crippen molar-refractivity contribution in [3.8, 4) is 0 Å². The molecule has 0 bridgehead atoms. The summed E-state index contributed by atoms with van der Waals surface area (Å²) in [6, 6.07) is 5.38. The molecule has 3 aromatic rings. The van der Waals surface area contributed by atoms with E-state index in [0.29, 0.717) is 37.2 Å². The number of morpholine rings is 1. The molecule has 0 aromatic carbocycles. The van der Waals surface area contributed by atoms with Gasteiger partial charge < -0.3 is 18.5 Å². The Labute approximate surface area is 138 Å². The highest BCUT2D eigenvalue weighted by molar-refractivity contribution is 5.93. The Morgan fingerprint density at radius 2 is 2.17 bits per heavy atom. The minimum absolute atomic E-state index is 0.165. The second kappa shape index (κ2) is 5.72. The van der Waals surface area contributed by atoms with E-state index in [1.54, 1.807) is 18.0 Å². The van der Waals surface area contributed by atoms with Crippen LogP contribution in [0.5, 0.6) is 0 Å². The Balaban J connectivity index is 1.69. The molecule has 0 N–H and O–H groups in total. The van der Waals surface area contributed by atoms with E-state index >= 15 is 0 Å². The first kappa shape index (κ1) is 14.8. The minimum Gasteiger partial charge on any atom is -0.423 e. The van der Waals surface area contributed by atoms with E-state index in [0.717, 1.165) is 11.3 Å². The number of imidazole rings is 1. The Morgan fingerprint density at radius 3 is 2.92 bits per heavy atom. The molecular weight excluding hydrogens is 310 g/mol. The number of hydrogen-bond donors (Lipinski definition) is 0. The van der Waals surface area contributed by atoms with Crippen LogP contribution >= 0.6 is 0 Å². The van der Waals surface area contributed by atoms with Gasteiger partial charge in [-0.05, 0) is 19.1 Å². The van der Waals surface area contributed by atoms with E-state index < -0.39 is 6.04 Å². The zero-order chi connectivity index (χ0) is 16.7. The summed E-state index contributed by atoms with van der Waals surface area (Å²) < 4.78 is 12.9. The second-order valence-corrected chi connectivity index (χ2v) is 5.77. The van der Waals surface area contributed by atoms with Crippen molar-refractivity contribution in [3.05, 3.63) is 47.6 Å². The Morgan fingerprint density at radius 1 is 1.29 bits per heavy atom. The summed E-state index contributed by atoms with van der Waals surface area (Å²) in [6.07, 6.45) is 1.76. The number of carbonyl (C=O) groups excluding carboxylic acids is 1. The lowest BCUT2D eigenvalue weighted by atomic mass is 10.2. The molecule has 1 saturated heterocycles. The monoisotopic (exact) mass is 327 g/mol. The fraction of sp³-hybridized carbons (Fsp3) is 0.375. The molecule has 0 radical (unpaired) electrons. The topological polar surface area (TPSA) is 85.8 Å². The number of hydrogen-bond acceptors (Lipinski definition) is 6. The molecule has 0 spiro atoms. The van der Waals surface area contributed by atoms with Crippen LogP contribution in [0.15, 0.2) is 28.8 Å². The molecule has 1 fully saturated rings. The fourth-order valence-corrected chi connectivity index (χ4v) is 2.90. The molecule has 3 aromatic heterocycles. The fourth-order valence-electron chi connectivity index (χ4n) is 2.90. The van der Waals surface area contributed by atoms with E-state index in [-0.39, 0.29) is 5.91 Å². The van der Waals surface area contributed by atoms with Crippen molar-refractivity contribution in [2.24, 2.45) is 0 Å². The van der Waals surface area contributed by atoms with E-state index in [1.165, 1.54) is 0 Å². The predicted molar refractivity (Wildman–Crippen MR) is 83.6 cm³/mol. The summed E-state index contributed by atoms with van der Waals surface area (Å²) in [5.74, 6) is 0.689. The third-order valence-electron chi connectivity index (χ3n) is 4.13. The first-order valence-electron chi connectivity index (χ1n) is 7.77. The van der Waals surface area contributed by atoms with Gasteiger partial charge in [-0.2, -0.15) is 0 Å². The molecule has 0 aliphatic carbocycles. The molecule has 8 heteroatoms. The van der Waals surface area contributed by atoms with Gasteiger partial charge in [0.05, 0.1) is 13.2 Å². The molecule has 0 saturated carbocycles. The predicted octanol–water partition coefficient (Wildman–Crippen LogP) is 1.55. The quantitative estimate of drug-likeness (QED) is 0.710. The highest BCUT2D eigenvalue weighted by Gasteiger charge is 2.34. The van der Waals surface area contributed by atoms with Crippen molar-refractivity contribution < 1.29 is 13.9 Å². The number of ether oxygens (including phenoxy) is 1. The normalized spacial score (nSPS) is 18.2. The summed E-state index contributed by atoms with van der Waals surface area (Å²) in [7, 11) is 0. The summed E-state index contributed by atoms with van der Waals surface area (Å²) in [4.78, 5) is 19.1. The van der Waals surface area contributed by atoms with Crippen molar-refractivity contribution in [1.29, 1.82) is 0 Å². The number of aromatic nitrogens is 4. The summed E-state index contributed by atoms with van der Waals surface area (Å²) >= 11 is 0. The lowest BCUT2D eigenvalue weighted by molar-refractivity contribution is -0.0109. The van der Waals surface area contributed by atoms with Crippen LogP contribution in [-0.2, 0) is 4.74 Å². The first-order valence-corrected chi connectivity index (χ1v) is 7.77. The van der Waals surface area contributed by atoms with Crippen LogP contribution in [-0.4, -0.2) is 50.1 Å². The highest BCUT2D eigenvalue weighted by atomic mass is 16.5. The maximum Gasteiger partial charge on any atom is 0.274 e. The number of aryl methyl sites for hydroxylation is 2. The van der Waals surface area contributed by atoms with Gasteiger partial charge >= 0.3 is 0 Å². The van der Waals surface area contributed by atoms with E-state index in [4.69, 9.17) is 9.15 Å². The van der Waals surface area contributed by atoms with Gasteiger partial charge in [0.25, 0.3) is 5.91 Å². The lowest BCUT2D eigenvalue weighted by Gasteiger charge is -2.32. The average molecular weight is 327 g/mol. The number of nitrogens with zero attached hydrogens (tertiary/aromatic N) is 5. The molecule has 4 heterocycles. The standard InChI is InChI=1S/C16H17N5O3/c1-10-4-3-5-14-17-12(8-21(10)14)16(22)20-6-7-23-9-13(20)15-19-18-11(2)24-15/h3-5,8,13H,6-7,9H2,1-2H3/t13-/m1/s1. The van der Waals surface area contributed by atoms with Crippen molar-refractivity contribution in [2.45, 2.75) is 19.9 Å². The largest absolute Gasteiger partial charge is 0.423 e. The maximum absolute atomic E-state index is 13.0. The zero-order valence-electron chi connectivity index (χ0n) is 13.5. The molecule has 1 aliphatic rings. The minimum atomic E-state index is -0.390. The van der Waals surface area contributed by atoms with E-state index in [1.807, 2.05) is 29.5 Å². The summed E-state index contributed by atoms with van der Waals surface area (Å²) in [6.45, 7) is 4.96. The lowest BCUT2D eigenvalue weighted by Crippen LogP contribution is -2.43. The van der Waals surface area contributed by atoms with Gasteiger partial charge in [-0.1, -0.05) is 6.07 Å². The highest BCUT2D eigenvalue weighted by Crippen LogP contribution is 2.25. The molecule has 124 valence electrons. The van der Waals surface area contributed by atoms with Gasteiger partial charge in [-0.25, -0.2) is 4.98 Å². The zero-order valence-corrected chi connectivity index (χ0v) is 13.5. The van der Waals surface area contributed by atoms with Gasteiger partial charge in [-0.3, -0.25) is 4.79 Å². The SMILES string of the molecule is Cc1nnc([C@H]2COCCN2C(=O)c2cn3c(C)cccc3n2)o1. The van der Waals surface area contributed by atoms with Crippen LogP contribution < -0.4 is 0 Å². The van der Waals surface area contributed by atoms with Gasteiger partial charge in [0, 0.05) is 25.4 Å². The maximum atomic E-state index is 13.0. The van der Waals surface area contributed by atoms with Gasteiger partial charge in [0.2, 0.25) is 11.8 Å². The molecule has 0 unspecified atom stereocenters. The first-order chi connectivity index (χ1) is 11.6. The number of amides is 1. The molecule has 1 atom stereocenters. The second-order valence-electron chi connectivity index (χ2n) is 5.77. The Bertz CT molecular complexity index is 900. The van der Waals surface area contributed by atoms with Crippen LogP contribution in [0.4, 0.5) is 0 Å². The number of carbonyl (C=O) groups is 1. The summed E-state index contributed by atoms with van der Waals surface area (Å²) in [5.41, 5.74) is 2.16. The van der Waals surface area contributed by atoms with Gasteiger partial charge in [0.15, 0.2) is 0 Å². The number of rotatable bonds is 2. The van der Waals surface area contributed by atoms with Crippen molar-refractivity contribution in [3.63, 3.8) is 0 Å². The number of fused-ring (bicyclic) bond motifs is 1. The van der Waals surface area contributed by atoms with Gasteiger partial charge in [0.1, 0.15) is 17.4 Å². The van der Waals surface area contributed by atoms with Gasteiger partial charge in [-0.15, -0.1) is 10.2 Å². The van der Waals surface area contributed by atoms with Crippen molar-refractivity contribution in [1.82, 2.24) is 24.5 Å². The van der Waals surface area contributed by atoms with Crippen LogP contribution in [0.1, 0.15) is 34.0 Å². The van der Waals surface area contributed by atoms with Crippen LogP contribution in [0, 0.1) is 13.8 Å². The smallest absolute Gasteiger partial charge is 0.274 e. The van der Waals surface area contributed by atoms with Crippen LogP contribution in [0.2, 0.25) is 0 Å². The third kappa shape index (κ3) is 2.44. The van der Waals surface area contributed by atoms with E-state index in [2.05, 4.69) is 15.2 Å². The molecular formula is C16H17N5O3. The van der Waals surface area contributed by atoms with Crippen molar-refractivity contribution >= 4 is 11.6 Å². The third-order valence-corrected chi connectivity index (χ3v) is 4.13. The van der Waals surface area contributed by atoms with Crippen molar-refractivity contribution in [2.75, 3.05) is 19.8 Å².